The highest BCUT2D eigenvalue weighted by Gasteiger charge is 2.16. The second-order valence-corrected chi connectivity index (χ2v) is 9.56. The molecule has 4 rings (SSSR count). The predicted molar refractivity (Wildman–Crippen MR) is 122 cm³/mol. The van der Waals surface area contributed by atoms with Crippen LogP contribution in [0.1, 0.15) is 20.3 Å². The third kappa shape index (κ3) is 5.18. The molecule has 0 unspecified atom stereocenters. The van der Waals surface area contributed by atoms with E-state index in [9.17, 15) is 9.18 Å². The summed E-state index contributed by atoms with van der Waals surface area (Å²) in [5.41, 5.74) is 1.31. The van der Waals surface area contributed by atoms with Crippen molar-refractivity contribution in [3.8, 4) is 5.75 Å². The molecule has 0 bridgehead atoms. The Bertz CT molecular complexity index is 1200. The maximum absolute atomic E-state index is 15.0. The van der Waals surface area contributed by atoms with Gasteiger partial charge in [0, 0.05) is 29.7 Å². The van der Waals surface area contributed by atoms with Crippen molar-refractivity contribution in [1.82, 2.24) is 15.3 Å². The number of carbonyl (C=O) groups excluding carboxylic acids is 1. The normalized spacial score (nSPS) is 13.7. The van der Waals surface area contributed by atoms with Crippen LogP contribution >= 0.6 is 0 Å². The third-order valence-corrected chi connectivity index (χ3v) is 6.66. The van der Waals surface area contributed by atoms with Crippen LogP contribution in [-0.2, 0) is 15.5 Å². The average molecular weight is 460 g/mol. The molecule has 1 fully saturated rings. The summed E-state index contributed by atoms with van der Waals surface area (Å²) in [7, 11) is -0.0365. The zero-order chi connectivity index (χ0) is 22.7. The van der Waals surface area contributed by atoms with E-state index in [1.54, 1.807) is 6.07 Å². The number of halogens is 2. The number of hydrogen-bond acceptors (Lipinski definition) is 6. The fourth-order valence-corrected chi connectivity index (χ4v) is 4.28. The lowest BCUT2D eigenvalue weighted by Crippen LogP contribution is -2.34. The standard InChI is InChI=1S/C22H23F2N5O2S/c1-13(2)27-20(30)11-31-19-8-14(23)4-5-17(19)28-22-21-16(24)9-15(29-32-6-3-7-32)10-18(21)25-12-26-22/h4-5,8-10,12-13H,3,6-7,11H2,1-2H3,(H,27,30)(H,25,26,28). The van der Waals surface area contributed by atoms with Crippen molar-refractivity contribution in [3.63, 3.8) is 0 Å². The molecule has 2 N–H and O–H groups in total. The van der Waals surface area contributed by atoms with Crippen LogP contribution in [0.25, 0.3) is 10.9 Å². The summed E-state index contributed by atoms with van der Waals surface area (Å²) in [6.45, 7) is 3.36. The van der Waals surface area contributed by atoms with Crippen molar-refractivity contribution >= 4 is 44.7 Å². The summed E-state index contributed by atoms with van der Waals surface area (Å²) in [4.78, 5) is 20.3. The van der Waals surface area contributed by atoms with Crippen molar-refractivity contribution in [2.75, 3.05) is 23.4 Å². The highest BCUT2D eigenvalue weighted by Crippen LogP contribution is 2.33. The first-order valence-corrected chi connectivity index (χ1v) is 11.7. The molecule has 1 aliphatic heterocycles. The molecule has 0 radical (unpaired) electrons. The number of anilines is 2. The van der Waals surface area contributed by atoms with E-state index < -0.39 is 11.6 Å². The summed E-state index contributed by atoms with van der Waals surface area (Å²) in [5, 5.41) is 5.88. The molecular formula is C22H23F2N5O2S. The molecular weight excluding hydrogens is 436 g/mol. The minimum atomic E-state index is -0.531. The van der Waals surface area contributed by atoms with Gasteiger partial charge in [0.1, 0.15) is 29.5 Å². The average Bonchev–Trinajstić information content (AvgIpc) is 2.70. The van der Waals surface area contributed by atoms with Crippen LogP contribution in [0.5, 0.6) is 5.75 Å². The first-order valence-electron chi connectivity index (χ1n) is 10.2. The van der Waals surface area contributed by atoms with Gasteiger partial charge in [0.25, 0.3) is 5.91 Å². The van der Waals surface area contributed by atoms with E-state index in [2.05, 4.69) is 25.0 Å². The quantitative estimate of drug-likeness (QED) is 0.547. The van der Waals surface area contributed by atoms with Gasteiger partial charge < -0.3 is 15.4 Å². The van der Waals surface area contributed by atoms with Crippen LogP contribution in [0, 0.1) is 11.6 Å². The van der Waals surface area contributed by atoms with Gasteiger partial charge in [-0.25, -0.2) is 23.1 Å². The molecule has 1 aliphatic rings. The fourth-order valence-electron chi connectivity index (χ4n) is 3.14. The number of benzene rings is 2. The molecule has 0 aliphatic carbocycles. The summed E-state index contributed by atoms with van der Waals surface area (Å²) < 4.78 is 38.9. The van der Waals surface area contributed by atoms with Crippen LogP contribution in [0.3, 0.4) is 0 Å². The maximum atomic E-state index is 15.0. The van der Waals surface area contributed by atoms with E-state index in [0.717, 1.165) is 24.0 Å². The van der Waals surface area contributed by atoms with E-state index in [-0.39, 0.29) is 46.2 Å². The van der Waals surface area contributed by atoms with Gasteiger partial charge in [-0.1, -0.05) is 10.7 Å². The summed E-state index contributed by atoms with van der Waals surface area (Å²) in [6, 6.07) is 6.89. The smallest absolute Gasteiger partial charge is 0.258 e. The highest BCUT2D eigenvalue weighted by molar-refractivity contribution is 7.88. The van der Waals surface area contributed by atoms with Gasteiger partial charge in [-0.15, -0.1) is 0 Å². The Morgan fingerprint density at radius 1 is 1.22 bits per heavy atom. The lowest BCUT2D eigenvalue weighted by Gasteiger charge is -2.16. The van der Waals surface area contributed by atoms with Gasteiger partial charge in [-0.05, 0) is 38.5 Å². The van der Waals surface area contributed by atoms with E-state index in [0.29, 0.717) is 16.9 Å². The summed E-state index contributed by atoms with van der Waals surface area (Å²) in [5.74, 6) is 1.02. The fraction of sp³-hybridized carbons (Fsp3) is 0.318. The van der Waals surface area contributed by atoms with Gasteiger partial charge in [0.2, 0.25) is 0 Å². The molecule has 0 atom stereocenters. The van der Waals surface area contributed by atoms with E-state index in [1.807, 2.05) is 13.8 Å². The second kappa shape index (κ2) is 9.56. The Morgan fingerprint density at radius 2 is 2.03 bits per heavy atom. The molecule has 2 aromatic carbocycles. The largest absolute Gasteiger partial charge is 0.481 e. The number of carbonyl (C=O) groups is 1. The van der Waals surface area contributed by atoms with Crippen LogP contribution in [-0.4, -0.2) is 40.0 Å². The molecule has 2 heterocycles. The van der Waals surface area contributed by atoms with Crippen molar-refractivity contribution in [2.24, 2.45) is 4.36 Å². The van der Waals surface area contributed by atoms with Crippen molar-refractivity contribution in [3.05, 3.63) is 48.3 Å². The van der Waals surface area contributed by atoms with Crippen LogP contribution in [0.2, 0.25) is 0 Å². The van der Waals surface area contributed by atoms with Gasteiger partial charge in [0.05, 0.1) is 22.3 Å². The lowest BCUT2D eigenvalue weighted by atomic mass is 10.2. The van der Waals surface area contributed by atoms with E-state index >= 15 is 4.39 Å². The predicted octanol–water partition coefficient (Wildman–Crippen LogP) is 4.39. The number of hydrogen-bond donors (Lipinski definition) is 2. The topological polar surface area (TPSA) is 88.5 Å². The number of fused-ring (bicyclic) bond motifs is 1. The lowest BCUT2D eigenvalue weighted by molar-refractivity contribution is -0.123. The van der Waals surface area contributed by atoms with Crippen molar-refractivity contribution in [1.29, 1.82) is 0 Å². The van der Waals surface area contributed by atoms with Gasteiger partial charge in [-0.3, -0.25) is 4.79 Å². The Kier molecular flexibility index (Phi) is 6.59. The first kappa shape index (κ1) is 22.1. The van der Waals surface area contributed by atoms with Crippen molar-refractivity contribution < 1.29 is 18.3 Å². The Labute approximate surface area is 186 Å². The molecule has 1 aromatic heterocycles. The Balaban J connectivity index is 1.62. The number of aromatic nitrogens is 2. The van der Waals surface area contributed by atoms with Crippen LogP contribution in [0.4, 0.5) is 26.0 Å². The summed E-state index contributed by atoms with van der Waals surface area (Å²) in [6.07, 6.45) is 2.47. The van der Waals surface area contributed by atoms with E-state index in [4.69, 9.17) is 4.74 Å². The first-order chi connectivity index (χ1) is 15.4. The SMILES string of the molecule is CC(C)NC(=O)COc1cc(F)ccc1Nc1ncnc2cc(N=S3CCC3)cc(F)c12. The molecule has 1 saturated heterocycles. The number of amides is 1. The maximum Gasteiger partial charge on any atom is 0.258 e. The number of nitrogens with zero attached hydrogens (tertiary/aromatic N) is 3. The molecule has 10 heteroatoms. The second-order valence-electron chi connectivity index (χ2n) is 7.64. The van der Waals surface area contributed by atoms with Gasteiger partial charge >= 0.3 is 0 Å². The van der Waals surface area contributed by atoms with Gasteiger partial charge in [0.15, 0.2) is 6.61 Å². The monoisotopic (exact) mass is 459 g/mol. The molecule has 1 amide bonds. The molecule has 3 aromatic rings. The molecule has 32 heavy (non-hydrogen) atoms. The Hall–Kier alpha value is -3.14. The Morgan fingerprint density at radius 3 is 2.75 bits per heavy atom. The zero-order valence-corrected chi connectivity index (χ0v) is 18.5. The molecule has 7 nitrogen and oxygen atoms in total. The van der Waals surface area contributed by atoms with E-state index in [1.165, 1.54) is 24.5 Å². The summed E-state index contributed by atoms with van der Waals surface area (Å²) >= 11 is 0. The van der Waals surface area contributed by atoms with Crippen molar-refractivity contribution in [2.45, 2.75) is 26.3 Å². The van der Waals surface area contributed by atoms with Crippen LogP contribution in [0.15, 0.2) is 41.0 Å². The number of nitrogens with one attached hydrogen (secondary N) is 2. The number of rotatable bonds is 7. The minimum absolute atomic E-state index is 0.0365. The zero-order valence-electron chi connectivity index (χ0n) is 17.7. The van der Waals surface area contributed by atoms with Crippen LogP contribution < -0.4 is 15.4 Å². The molecule has 0 spiro atoms. The minimum Gasteiger partial charge on any atom is -0.481 e. The molecule has 0 saturated carbocycles. The highest BCUT2D eigenvalue weighted by atomic mass is 32.2. The number of ether oxygens (including phenoxy) is 1. The van der Waals surface area contributed by atoms with Gasteiger partial charge in [-0.2, -0.15) is 0 Å². The molecule has 168 valence electrons. The third-order valence-electron chi connectivity index (χ3n) is 4.67.